The van der Waals surface area contributed by atoms with Crippen LogP contribution >= 0.6 is 15.9 Å². The third-order valence-electron chi connectivity index (χ3n) is 5.53. The highest BCUT2D eigenvalue weighted by Gasteiger charge is 2.15. The first-order valence-corrected chi connectivity index (χ1v) is 12.6. The largest absolute Gasteiger partial charge is 0.493 e. The van der Waals surface area contributed by atoms with E-state index in [9.17, 15) is 9.59 Å². The number of methoxy groups -OCH3 is 2. The van der Waals surface area contributed by atoms with Crippen LogP contribution in [0.1, 0.15) is 31.8 Å². The molecule has 0 fully saturated rings. The number of para-hydroxylation sites is 1. The van der Waals surface area contributed by atoms with Crippen LogP contribution in [-0.2, 0) is 6.61 Å². The van der Waals surface area contributed by atoms with Gasteiger partial charge < -0.3 is 18.9 Å². The molecule has 4 aromatic carbocycles. The fourth-order valence-electron chi connectivity index (χ4n) is 3.57. The van der Waals surface area contributed by atoms with Gasteiger partial charge in [0.15, 0.2) is 11.5 Å². The standard InChI is InChI=1S/C30H25BrN2O6/c1-36-27-14-12-21(17-28(27)37-2)30(35)39-25-15-13-23(31)16-22(25)18-32-33-29(34)24-10-6-7-11-26(24)38-19-20-8-4-3-5-9-20/h3-18H,19H2,1-2H3,(H,33,34)/b32-18-. The van der Waals surface area contributed by atoms with Crippen LogP contribution in [0.25, 0.3) is 0 Å². The van der Waals surface area contributed by atoms with Crippen molar-refractivity contribution in [1.29, 1.82) is 0 Å². The van der Waals surface area contributed by atoms with E-state index in [0.29, 0.717) is 35.0 Å². The molecule has 1 amide bonds. The van der Waals surface area contributed by atoms with Gasteiger partial charge in [0.2, 0.25) is 0 Å². The van der Waals surface area contributed by atoms with Crippen molar-refractivity contribution < 1.29 is 28.5 Å². The van der Waals surface area contributed by atoms with Gasteiger partial charge in [0.1, 0.15) is 18.1 Å². The summed E-state index contributed by atoms with van der Waals surface area (Å²) in [7, 11) is 3.00. The van der Waals surface area contributed by atoms with Crippen LogP contribution in [0.5, 0.6) is 23.0 Å². The minimum absolute atomic E-state index is 0.252. The summed E-state index contributed by atoms with van der Waals surface area (Å²) >= 11 is 3.41. The van der Waals surface area contributed by atoms with Gasteiger partial charge in [0.05, 0.1) is 31.6 Å². The third kappa shape index (κ3) is 7.24. The maximum absolute atomic E-state index is 12.9. The van der Waals surface area contributed by atoms with Crippen molar-refractivity contribution in [3.8, 4) is 23.0 Å². The molecule has 0 saturated carbocycles. The zero-order chi connectivity index (χ0) is 27.6. The van der Waals surface area contributed by atoms with Crippen LogP contribution in [0, 0.1) is 0 Å². The quantitative estimate of drug-likeness (QED) is 0.105. The van der Waals surface area contributed by atoms with Crippen molar-refractivity contribution in [2.75, 3.05) is 14.2 Å². The lowest BCUT2D eigenvalue weighted by Gasteiger charge is -2.11. The number of hydrazone groups is 1. The molecule has 39 heavy (non-hydrogen) atoms. The van der Waals surface area contributed by atoms with E-state index in [1.807, 2.05) is 30.3 Å². The number of carbonyl (C=O) groups is 2. The van der Waals surface area contributed by atoms with Crippen LogP contribution in [0.4, 0.5) is 0 Å². The molecular weight excluding hydrogens is 564 g/mol. The van der Waals surface area contributed by atoms with Gasteiger partial charge in [0, 0.05) is 10.0 Å². The maximum Gasteiger partial charge on any atom is 0.343 e. The van der Waals surface area contributed by atoms with Crippen LogP contribution in [0.2, 0.25) is 0 Å². The summed E-state index contributed by atoms with van der Waals surface area (Å²) in [5, 5.41) is 4.08. The smallest absolute Gasteiger partial charge is 0.343 e. The predicted molar refractivity (Wildman–Crippen MR) is 151 cm³/mol. The monoisotopic (exact) mass is 588 g/mol. The Morgan fingerprint density at radius 1 is 0.821 bits per heavy atom. The summed E-state index contributed by atoms with van der Waals surface area (Å²) in [6.07, 6.45) is 1.40. The summed E-state index contributed by atoms with van der Waals surface area (Å²) in [5.41, 5.74) is 4.57. The van der Waals surface area contributed by atoms with Gasteiger partial charge in [0.25, 0.3) is 5.91 Å². The molecule has 0 atom stereocenters. The Labute approximate surface area is 234 Å². The Morgan fingerprint density at radius 2 is 1.54 bits per heavy atom. The Hall–Kier alpha value is -4.63. The number of esters is 1. The number of rotatable bonds is 10. The van der Waals surface area contributed by atoms with Crippen LogP contribution in [0.15, 0.2) is 101 Å². The van der Waals surface area contributed by atoms with Crippen molar-refractivity contribution in [2.45, 2.75) is 6.61 Å². The second kappa shape index (κ2) is 13.3. The third-order valence-corrected chi connectivity index (χ3v) is 6.03. The van der Waals surface area contributed by atoms with E-state index < -0.39 is 11.9 Å². The number of nitrogens with zero attached hydrogens (tertiary/aromatic N) is 1. The zero-order valence-electron chi connectivity index (χ0n) is 21.2. The Kier molecular flexibility index (Phi) is 9.31. The molecule has 0 spiro atoms. The van der Waals surface area contributed by atoms with Crippen LogP contribution < -0.4 is 24.4 Å². The fraction of sp³-hybridized carbons (Fsp3) is 0.100. The van der Waals surface area contributed by atoms with Gasteiger partial charge in [-0.05, 0) is 54.1 Å². The van der Waals surface area contributed by atoms with Crippen molar-refractivity contribution in [3.05, 3.63) is 118 Å². The fourth-order valence-corrected chi connectivity index (χ4v) is 3.95. The topological polar surface area (TPSA) is 95.5 Å². The van der Waals surface area contributed by atoms with Crippen LogP contribution in [0.3, 0.4) is 0 Å². The molecule has 0 aliphatic rings. The first-order valence-electron chi connectivity index (χ1n) is 11.8. The van der Waals surface area contributed by atoms with Crippen molar-refractivity contribution in [2.24, 2.45) is 5.10 Å². The van der Waals surface area contributed by atoms with Crippen molar-refractivity contribution >= 4 is 34.0 Å². The van der Waals surface area contributed by atoms with E-state index in [1.54, 1.807) is 54.6 Å². The number of carbonyl (C=O) groups excluding carboxylic acids is 2. The summed E-state index contributed by atoms with van der Waals surface area (Å²) < 4.78 is 22.7. The minimum Gasteiger partial charge on any atom is -0.493 e. The van der Waals surface area contributed by atoms with E-state index in [1.165, 1.54) is 26.5 Å². The molecule has 9 heteroatoms. The number of benzene rings is 4. The molecule has 0 aromatic heterocycles. The van der Waals surface area contributed by atoms with E-state index >= 15 is 0 Å². The number of hydrogen-bond donors (Lipinski definition) is 1. The first kappa shape index (κ1) is 27.4. The Morgan fingerprint density at radius 3 is 2.31 bits per heavy atom. The van der Waals surface area contributed by atoms with Gasteiger partial charge in [-0.25, -0.2) is 10.2 Å². The molecule has 0 aliphatic heterocycles. The molecule has 0 aliphatic carbocycles. The lowest BCUT2D eigenvalue weighted by molar-refractivity contribution is 0.0733. The van der Waals surface area contributed by atoms with Gasteiger partial charge in [-0.15, -0.1) is 0 Å². The SMILES string of the molecule is COc1ccc(C(=O)Oc2ccc(Br)cc2/C=N\NC(=O)c2ccccc2OCc2ccccc2)cc1OC. The Balaban J connectivity index is 1.46. The molecule has 0 saturated heterocycles. The molecule has 4 rings (SSSR count). The summed E-state index contributed by atoms with van der Waals surface area (Å²) in [4.78, 5) is 25.7. The number of halogens is 1. The minimum atomic E-state index is -0.596. The first-order chi connectivity index (χ1) is 19.0. The highest BCUT2D eigenvalue weighted by molar-refractivity contribution is 9.10. The molecular formula is C30H25BrN2O6. The average molecular weight is 589 g/mol. The molecule has 0 heterocycles. The summed E-state index contributed by atoms with van der Waals surface area (Å²) in [5.74, 6) is 0.535. The van der Waals surface area contributed by atoms with Gasteiger partial charge in [-0.1, -0.05) is 58.4 Å². The average Bonchev–Trinajstić information content (AvgIpc) is 2.97. The van der Waals surface area contributed by atoms with Crippen molar-refractivity contribution in [1.82, 2.24) is 5.43 Å². The lowest BCUT2D eigenvalue weighted by Crippen LogP contribution is -2.19. The molecule has 0 unspecified atom stereocenters. The highest BCUT2D eigenvalue weighted by atomic mass is 79.9. The molecule has 198 valence electrons. The van der Waals surface area contributed by atoms with E-state index in [4.69, 9.17) is 18.9 Å². The summed E-state index contributed by atoms with van der Waals surface area (Å²) in [6.45, 7) is 0.321. The van der Waals surface area contributed by atoms with Gasteiger partial charge in [-0.2, -0.15) is 5.10 Å². The number of ether oxygens (including phenoxy) is 4. The number of amides is 1. The summed E-state index contributed by atoms with van der Waals surface area (Å²) in [6, 6.07) is 26.4. The van der Waals surface area contributed by atoms with Crippen molar-refractivity contribution in [3.63, 3.8) is 0 Å². The van der Waals surface area contributed by atoms with Gasteiger partial charge >= 0.3 is 5.97 Å². The number of hydrogen-bond acceptors (Lipinski definition) is 7. The molecule has 8 nitrogen and oxygen atoms in total. The zero-order valence-corrected chi connectivity index (χ0v) is 22.8. The van der Waals surface area contributed by atoms with E-state index in [2.05, 4.69) is 26.5 Å². The predicted octanol–water partition coefficient (Wildman–Crippen LogP) is 6.03. The second-order valence-corrected chi connectivity index (χ2v) is 9.03. The number of nitrogens with one attached hydrogen (secondary N) is 1. The normalized spacial score (nSPS) is 10.6. The second-order valence-electron chi connectivity index (χ2n) is 8.11. The van der Waals surface area contributed by atoms with E-state index in [-0.39, 0.29) is 11.3 Å². The van der Waals surface area contributed by atoms with Gasteiger partial charge in [-0.3, -0.25) is 4.79 Å². The van der Waals surface area contributed by atoms with E-state index in [0.717, 1.165) is 10.0 Å². The molecule has 1 N–H and O–H groups in total. The molecule has 4 aromatic rings. The highest BCUT2D eigenvalue weighted by Crippen LogP contribution is 2.29. The Bertz CT molecular complexity index is 1490. The molecule has 0 radical (unpaired) electrons. The lowest BCUT2D eigenvalue weighted by atomic mass is 10.2. The van der Waals surface area contributed by atoms with Crippen LogP contribution in [-0.4, -0.2) is 32.3 Å². The molecule has 0 bridgehead atoms. The maximum atomic E-state index is 12.9.